The van der Waals surface area contributed by atoms with E-state index in [9.17, 15) is 9.59 Å². The molecule has 1 fully saturated rings. The van der Waals surface area contributed by atoms with Crippen LogP contribution in [0.3, 0.4) is 0 Å². The molecular weight excluding hydrogens is 304 g/mol. The summed E-state index contributed by atoms with van der Waals surface area (Å²) in [5.41, 5.74) is 8.66. The largest absolute Gasteiger partial charge is 0.451 e. The monoisotopic (exact) mass is 328 g/mol. The first-order valence-electron chi connectivity index (χ1n) is 8.46. The lowest BCUT2D eigenvalue weighted by Gasteiger charge is -2.22. The minimum atomic E-state index is -0.0885. The lowest BCUT2D eigenvalue weighted by atomic mass is 10.0. The number of carbonyl (C=O) groups is 2. The minimum Gasteiger partial charge on any atom is -0.451 e. The Morgan fingerprint density at radius 3 is 2.75 bits per heavy atom. The SMILES string of the molecule is CC(=O)CCc1ccc2oc(C(=O)N3CCC(N)C3C)c(C)c2c1. The smallest absolute Gasteiger partial charge is 0.290 e. The van der Waals surface area contributed by atoms with Crippen molar-refractivity contribution in [2.24, 2.45) is 5.73 Å². The van der Waals surface area contributed by atoms with Crippen molar-refractivity contribution in [2.45, 2.75) is 52.1 Å². The molecule has 0 saturated carbocycles. The summed E-state index contributed by atoms with van der Waals surface area (Å²) in [5, 5.41) is 0.940. The van der Waals surface area contributed by atoms with E-state index in [0.29, 0.717) is 30.7 Å². The van der Waals surface area contributed by atoms with E-state index in [1.165, 1.54) is 0 Å². The predicted octanol–water partition coefficient (Wildman–Crippen LogP) is 2.82. The second-order valence-electron chi connectivity index (χ2n) is 6.78. The van der Waals surface area contributed by atoms with Gasteiger partial charge in [-0.3, -0.25) is 4.79 Å². The zero-order valence-electron chi connectivity index (χ0n) is 14.5. The zero-order valence-corrected chi connectivity index (χ0v) is 14.5. The van der Waals surface area contributed by atoms with Gasteiger partial charge in [0.2, 0.25) is 0 Å². The number of nitrogens with zero attached hydrogens (tertiary/aromatic N) is 1. The van der Waals surface area contributed by atoms with Crippen LogP contribution in [0.1, 0.15) is 48.4 Å². The van der Waals surface area contributed by atoms with Crippen molar-refractivity contribution in [3.8, 4) is 0 Å². The summed E-state index contributed by atoms with van der Waals surface area (Å²) >= 11 is 0. The molecule has 1 aliphatic rings. The van der Waals surface area contributed by atoms with Gasteiger partial charge in [-0.15, -0.1) is 0 Å². The molecule has 128 valence electrons. The highest BCUT2D eigenvalue weighted by molar-refractivity contribution is 5.99. The number of likely N-dealkylation sites (tertiary alicyclic amines) is 1. The number of amides is 1. The molecule has 2 N–H and O–H groups in total. The van der Waals surface area contributed by atoms with Gasteiger partial charge in [-0.2, -0.15) is 0 Å². The van der Waals surface area contributed by atoms with Crippen LogP contribution in [0.4, 0.5) is 0 Å². The third-order valence-electron chi connectivity index (χ3n) is 5.04. The van der Waals surface area contributed by atoms with Gasteiger partial charge in [-0.05, 0) is 51.3 Å². The van der Waals surface area contributed by atoms with Crippen LogP contribution in [0, 0.1) is 6.92 Å². The predicted molar refractivity (Wildman–Crippen MR) is 93.0 cm³/mol. The number of benzene rings is 1. The van der Waals surface area contributed by atoms with E-state index in [1.54, 1.807) is 11.8 Å². The molecule has 5 heteroatoms. The van der Waals surface area contributed by atoms with Crippen molar-refractivity contribution in [1.82, 2.24) is 4.90 Å². The lowest BCUT2D eigenvalue weighted by Crippen LogP contribution is -2.40. The molecule has 0 spiro atoms. The molecule has 0 radical (unpaired) electrons. The quantitative estimate of drug-likeness (QED) is 0.936. The summed E-state index contributed by atoms with van der Waals surface area (Å²) in [7, 11) is 0. The Morgan fingerprint density at radius 1 is 1.38 bits per heavy atom. The van der Waals surface area contributed by atoms with Crippen molar-refractivity contribution in [3.63, 3.8) is 0 Å². The molecule has 0 bridgehead atoms. The number of hydrogen-bond acceptors (Lipinski definition) is 4. The van der Waals surface area contributed by atoms with Gasteiger partial charge in [0.05, 0.1) is 0 Å². The van der Waals surface area contributed by atoms with Gasteiger partial charge in [0.1, 0.15) is 11.4 Å². The van der Waals surface area contributed by atoms with Crippen molar-refractivity contribution >= 4 is 22.7 Å². The van der Waals surface area contributed by atoms with Crippen LogP contribution in [0.5, 0.6) is 0 Å². The average Bonchev–Trinajstić information content (AvgIpc) is 3.06. The van der Waals surface area contributed by atoms with Crippen LogP contribution in [-0.2, 0) is 11.2 Å². The first kappa shape index (κ1) is 16.7. The van der Waals surface area contributed by atoms with Crippen molar-refractivity contribution in [2.75, 3.05) is 6.54 Å². The van der Waals surface area contributed by atoms with Crippen molar-refractivity contribution in [1.29, 1.82) is 0 Å². The van der Waals surface area contributed by atoms with E-state index >= 15 is 0 Å². The van der Waals surface area contributed by atoms with Crippen LogP contribution in [0.15, 0.2) is 22.6 Å². The molecule has 1 saturated heterocycles. The topological polar surface area (TPSA) is 76.5 Å². The number of hydrogen-bond donors (Lipinski definition) is 1. The van der Waals surface area contributed by atoms with Crippen molar-refractivity contribution in [3.05, 3.63) is 35.1 Å². The van der Waals surface area contributed by atoms with E-state index in [2.05, 4.69) is 0 Å². The summed E-state index contributed by atoms with van der Waals surface area (Å²) < 4.78 is 5.84. The van der Waals surface area contributed by atoms with E-state index in [1.807, 2.05) is 32.0 Å². The second-order valence-corrected chi connectivity index (χ2v) is 6.78. The number of rotatable bonds is 4. The standard InChI is InChI=1S/C19H24N2O3/c1-11(22)4-5-14-6-7-17-15(10-14)12(2)18(24-17)19(23)21-9-8-16(20)13(21)3/h6-7,10,13,16H,4-5,8-9,20H2,1-3H3. The van der Waals surface area contributed by atoms with Crippen LogP contribution >= 0.6 is 0 Å². The van der Waals surface area contributed by atoms with Gasteiger partial charge < -0.3 is 19.8 Å². The first-order chi connectivity index (χ1) is 11.4. The summed E-state index contributed by atoms with van der Waals surface area (Å²) in [5.74, 6) is 0.485. The van der Waals surface area contributed by atoms with Gasteiger partial charge in [0.15, 0.2) is 5.76 Å². The van der Waals surface area contributed by atoms with Crippen LogP contribution < -0.4 is 5.73 Å². The molecule has 2 unspecified atom stereocenters. The van der Waals surface area contributed by atoms with E-state index in [4.69, 9.17) is 10.2 Å². The minimum absolute atomic E-state index is 0.0243. The second kappa shape index (κ2) is 6.40. The average molecular weight is 328 g/mol. The fraction of sp³-hybridized carbons (Fsp3) is 0.474. The van der Waals surface area contributed by atoms with E-state index < -0.39 is 0 Å². The number of carbonyl (C=O) groups excluding carboxylic acids is 2. The highest BCUT2D eigenvalue weighted by Gasteiger charge is 2.34. The third kappa shape index (κ3) is 2.96. The normalized spacial score (nSPS) is 20.8. The fourth-order valence-corrected chi connectivity index (χ4v) is 3.33. The highest BCUT2D eigenvalue weighted by Crippen LogP contribution is 2.29. The zero-order chi connectivity index (χ0) is 17.4. The van der Waals surface area contributed by atoms with Crippen molar-refractivity contribution < 1.29 is 14.0 Å². The molecule has 2 aromatic rings. The van der Waals surface area contributed by atoms with Crippen LogP contribution in [0.25, 0.3) is 11.0 Å². The maximum atomic E-state index is 12.8. The summed E-state index contributed by atoms with van der Waals surface area (Å²) in [6.07, 6.45) is 2.05. The molecular formula is C19H24N2O3. The fourth-order valence-electron chi connectivity index (χ4n) is 3.33. The Hall–Kier alpha value is -2.14. The van der Waals surface area contributed by atoms with Gasteiger partial charge >= 0.3 is 0 Å². The third-order valence-corrected chi connectivity index (χ3v) is 5.04. The number of fused-ring (bicyclic) bond motifs is 1. The van der Waals surface area contributed by atoms with E-state index in [0.717, 1.165) is 22.9 Å². The number of Topliss-reactive ketones (excluding diaryl/α,β-unsaturated/α-hetero) is 1. The Kier molecular flexibility index (Phi) is 4.45. The highest BCUT2D eigenvalue weighted by atomic mass is 16.3. The number of nitrogens with two attached hydrogens (primary N) is 1. The van der Waals surface area contributed by atoms with Gasteiger partial charge in [-0.1, -0.05) is 6.07 Å². The Morgan fingerprint density at radius 2 is 2.12 bits per heavy atom. The Balaban J connectivity index is 1.91. The summed E-state index contributed by atoms with van der Waals surface area (Å²) in [6, 6.07) is 5.91. The van der Waals surface area contributed by atoms with Gasteiger partial charge in [0.25, 0.3) is 5.91 Å². The summed E-state index contributed by atoms with van der Waals surface area (Å²) in [6.45, 7) is 6.16. The lowest BCUT2D eigenvalue weighted by molar-refractivity contribution is -0.116. The number of furan rings is 1. The molecule has 3 rings (SSSR count). The molecule has 1 aliphatic heterocycles. The first-order valence-corrected chi connectivity index (χ1v) is 8.46. The molecule has 5 nitrogen and oxygen atoms in total. The number of ketones is 1. The molecule has 1 aromatic carbocycles. The molecule has 2 atom stereocenters. The molecule has 0 aliphatic carbocycles. The van der Waals surface area contributed by atoms with Gasteiger partial charge in [-0.25, -0.2) is 0 Å². The summed E-state index contributed by atoms with van der Waals surface area (Å²) in [4.78, 5) is 25.8. The van der Waals surface area contributed by atoms with Gasteiger partial charge in [0, 0.05) is 36.0 Å². The Labute approximate surface area is 141 Å². The molecule has 1 amide bonds. The Bertz CT molecular complexity index is 793. The van der Waals surface area contributed by atoms with Crippen LogP contribution in [-0.4, -0.2) is 35.2 Å². The molecule has 1 aromatic heterocycles. The van der Waals surface area contributed by atoms with E-state index in [-0.39, 0.29) is 23.8 Å². The maximum Gasteiger partial charge on any atom is 0.290 e. The maximum absolute atomic E-state index is 12.8. The number of aryl methyl sites for hydroxylation is 2. The van der Waals surface area contributed by atoms with Crippen LogP contribution in [0.2, 0.25) is 0 Å². The molecule has 2 heterocycles. The molecule has 24 heavy (non-hydrogen) atoms.